The molecule has 0 saturated heterocycles. The molecule has 0 aliphatic rings. The highest BCUT2D eigenvalue weighted by molar-refractivity contribution is 9.10. The molecule has 0 amide bonds. The van der Waals surface area contributed by atoms with Gasteiger partial charge in [0.05, 0.1) is 0 Å². The van der Waals surface area contributed by atoms with Crippen LogP contribution in [0.5, 0.6) is 0 Å². The van der Waals surface area contributed by atoms with Crippen molar-refractivity contribution in [2.75, 3.05) is 0 Å². The number of rotatable bonds is 0. The van der Waals surface area contributed by atoms with Crippen molar-refractivity contribution in [2.45, 2.75) is 6.92 Å². The summed E-state index contributed by atoms with van der Waals surface area (Å²) < 4.78 is 1.15. The van der Waals surface area contributed by atoms with Gasteiger partial charge in [0, 0.05) is 4.47 Å². The van der Waals surface area contributed by atoms with Crippen LogP contribution < -0.4 is 0 Å². The summed E-state index contributed by atoms with van der Waals surface area (Å²) in [7, 11) is 0. The lowest BCUT2D eigenvalue weighted by atomic mass is 10.2. The molecule has 1 aromatic carbocycles. The van der Waals surface area contributed by atoms with Gasteiger partial charge in [0.2, 0.25) is 0 Å². The number of aryl methyl sites for hydroxylation is 1. The molecule has 0 N–H and O–H groups in total. The van der Waals surface area contributed by atoms with Crippen LogP contribution in [0.2, 0.25) is 0 Å². The van der Waals surface area contributed by atoms with Crippen LogP contribution >= 0.6 is 15.9 Å². The van der Waals surface area contributed by atoms with Crippen molar-refractivity contribution < 1.29 is 4.70 Å². The maximum atomic E-state index is 3.36. The minimum atomic E-state index is 0. The van der Waals surface area contributed by atoms with E-state index in [4.69, 9.17) is 0 Å². The lowest BCUT2D eigenvalue weighted by Gasteiger charge is -1.89. The van der Waals surface area contributed by atoms with E-state index in [1.54, 1.807) is 0 Å². The van der Waals surface area contributed by atoms with Gasteiger partial charge in [-0.15, -0.1) is 0 Å². The topological polar surface area (TPSA) is 0 Å². The molecule has 0 heterocycles. The summed E-state index contributed by atoms with van der Waals surface area (Å²) in [6.07, 6.45) is 0. The lowest BCUT2D eigenvalue weighted by molar-refractivity contribution is 1.11. The van der Waals surface area contributed by atoms with Crippen LogP contribution in [0.3, 0.4) is 0 Å². The van der Waals surface area contributed by atoms with Gasteiger partial charge in [0.15, 0.2) is 0 Å². The summed E-state index contributed by atoms with van der Waals surface area (Å²) in [5.41, 5.74) is 1.29. The van der Waals surface area contributed by atoms with Gasteiger partial charge in [0.1, 0.15) is 0 Å². The van der Waals surface area contributed by atoms with Crippen molar-refractivity contribution in [2.24, 2.45) is 0 Å². The predicted molar refractivity (Wildman–Crippen MR) is 41.4 cm³/mol. The Morgan fingerprint density at radius 3 is 2.33 bits per heavy atom. The van der Waals surface area contributed by atoms with E-state index in [1.165, 1.54) is 5.56 Å². The first-order valence-electron chi connectivity index (χ1n) is 2.51. The summed E-state index contributed by atoms with van der Waals surface area (Å²) in [4.78, 5) is 0. The van der Waals surface area contributed by atoms with E-state index < -0.39 is 0 Å². The van der Waals surface area contributed by atoms with E-state index in [1.807, 2.05) is 12.1 Å². The van der Waals surface area contributed by atoms with Gasteiger partial charge in [-0.05, 0) is 19.1 Å². The number of benzene rings is 1. The zero-order valence-corrected chi connectivity index (χ0v) is 6.68. The minimum Gasteiger partial charge on any atom is -0.269 e. The van der Waals surface area contributed by atoms with Crippen LogP contribution in [-0.4, -0.2) is 0 Å². The largest absolute Gasteiger partial charge is 0.269 e. The molecule has 50 valence electrons. The van der Waals surface area contributed by atoms with Crippen molar-refractivity contribution in [1.29, 1.82) is 0 Å². The molecule has 1 aromatic rings. The second kappa shape index (κ2) is 3.62. The fraction of sp³-hybridized carbons (Fsp3) is 0.143. The highest BCUT2D eigenvalue weighted by Gasteiger charge is 1.82. The molecule has 0 aliphatic carbocycles. The quantitative estimate of drug-likeness (QED) is 0.591. The molecule has 0 radical (unpaired) electrons. The third-order valence-electron chi connectivity index (χ3n) is 0.980. The SMILES string of the molecule is Cc1cccc(Br)c1.F. The number of hydrogen-bond acceptors (Lipinski definition) is 0. The zero-order chi connectivity index (χ0) is 5.98. The maximum absolute atomic E-state index is 3.36. The number of halogens is 2. The number of hydrogen-bond donors (Lipinski definition) is 0. The highest BCUT2D eigenvalue weighted by atomic mass is 79.9. The van der Waals surface area contributed by atoms with Crippen molar-refractivity contribution in [3.63, 3.8) is 0 Å². The van der Waals surface area contributed by atoms with Gasteiger partial charge >= 0.3 is 0 Å². The van der Waals surface area contributed by atoms with Crippen molar-refractivity contribution >= 4 is 15.9 Å². The van der Waals surface area contributed by atoms with Gasteiger partial charge in [-0.3, -0.25) is 4.70 Å². The Morgan fingerprint density at radius 2 is 2.00 bits per heavy atom. The molecule has 1 rings (SSSR count). The lowest BCUT2D eigenvalue weighted by Crippen LogP contribution is -1.67. The molecule has 0 aromatic heterocycles. The monoisotopic (exact) mass is 190 g/mol. The predicted octanol–water partition coefficient (Wildman–Crippen LogP) is 2.91. The Kier molecular flexibility index (Phi) is 3.47. The zero-order valence-electron chi connectivity index (χ0n) is 5.10. The van der Waals surface area contributed by atoms with E-state index in [0.29, 0.717) is 0 Å². The van der Waals surface area contributed by atoms with E-state index in [2.05, 4.69) is 35.0 Å². The second-order valence-electron chi connectivity index (χ2n) is 1.80. The van der Waals surface area contributed by atoms with Gasteiger partial charge in [-0.2, -0.15) is 0 Å². The van der Waals surface area contributed by atoms with Crippen LogP contribution in [0.4, 0.5) is 4.70 Å². The Labute approximate surface area is 62.4 Å². The molecule has 0 bridgehead atoms. The molecule has 0 saturated carbocycles. The first kappa shape index (κ1) is 8.63. The Morgan fingerprint density at radius 1 is 1.33 bits per heavy atom. The Hall–Kier alpha value is -0.370. The van der Waals surface area contributed by atoms with E-state index in [0.717, 1.165) is 4.47 Å². The first-order chi connectivity index (χ1) is 3.79. The normalized spacial score (nSPS) is 8.22. The van der Waals surface area contributed by atoms with Crippen LogP contribution in [0, 0.1) is 6.92 Å². The molecule has 2 heteroatoms. The smallest absolute Gasteiger partial charge is 0.0177 e. The summed E-state index contributed by atoms with van der Waals surface area (Å²) >= 11 is 3.36. The van der Waals surface area contributed by atoms with Crippen molar-refractivity contribution in [3.05, 3.63) is 34.3 Å². The molecule has 0 atom stereocenters. The molecule has 0 nitrogen and oxygen atoms in total. The summed E-state index contributed by atoms with van der Waals surface area (Å²) in [5.74, 6) is 0. The average molecular weight is 191 g/mol. The Bertz CT molecular complexity index is 169. The van der Waals surface area contributed by atoms with Crippen LogP contribution in [-0.2, 0) is 0 Å². The summed E-state index contributed by atoms with van der Waals surface area (Å²) in [6, 6.07) is 8.21. The maximum Gasteiger partial charge on any atom is 0.0177 e. The van der Waals surface area contributed by atoms with Crippen LogP contribution in [0.25, 0.3) is 0 Å². The minimum absolute atomic E-state index is 0. The molecular formula is C7H8BrF. The Balaban J connectivity index is 0.000000640. The summed E-state index contributed by atoms with van der Waals surface area (Å²) in [5, 5.41) is 0. The van der Waals surface area contributed by atoms with Gasteiger partial charge in [0.25, 0.3) is 0 Å². The van der Waals surface area contributed by atoms with Gasteiger partial charge in [-0.25, -0.2) is 0 Å². The highest BCUT2D eigenvalue weighted by Crippen LogP contribution is 2.09. The van der Waals surface area contributed by atoms with Crippen LogP contribution in [0.1, 0.15) is 5.56 Å². The second-order valence-corrected chi connectivity index (χ2v) is 2.71. The molecular weight excluding hydrogens is 183 g/mol. The first-order valence-corrected chi connectivity index (χ1v) is 3.30. The standard InChI is InChI=1S/C7H7Br.FH/c1-6-3-2-4-7(8)5-6;/h2-5H,1H3;1H. The molecule has 0 aliphatic heterocycles. The van der Waals surface area contributed by atoms with Crippen molar-refractivity contribution in [3.8, 4) is 0 Å². The third kappa shape index (κ3) is 2.61. The molecule has 0 spiro atoms. The van der Waals surface area contributed by atoms with Crippen LogP contribution in [0.15, 0.2) is 28.7 Å². The van der Waals surface area contributed by atoms with E-state index in [-0.39, 0.29) is 4.70 Å². The molecule has 0 fully saturated rings. The molecule has 9 heavy (non-hydrogen) atoms. The average Bonchev–Trinajstić information content (AvgIpc) is 1.64. The fourth-order valence-corrected chi connectivity index (χ4v) is 1.12. The van der Waals surface area contributed by atoms with Gasteiger partial charge in [-0.1, -0.05) is 33.6 Å². The van der Waals surface area contributed by atoms with Crippen molar-refractivity contribution in [1.82, 2.24) is 0 Å². The third-order valence-corrected chi connectivity index (χ3v) is 1.47. The summed E-state index contributed by atoms with van der Waals surface area (Å²) in [6.45, 7) is 2.07. The van der Waals surface area contributed by atoms with E-state index in [9.17, 15) is 0 Å². The fourth-order valence-electron chi connectivity index (χ4n) is 0.606. The van der Waals surface area contributed by atoms with Gasteiger partial charge < -0.3 is 0 Å². The van der Waals surface area contributed by atoms with E-state index >= 15 is 0 Å². The molecule has 0 unspecified atom stereocenters.